The third-order valence-electron chi connectivity index (χ3n) is 4.22. The van der Waals surface area contributed by atoms with Gasteiger partial charge in [-0.15, -0.1) is 22.7 Å². The molecule has 1 aliphatic carbocycles. The number of nitrogens with zero attached hydrogens (tertiary/aromatic N) is 2. The normalized spacial score (nSPS) is 13.6. The summed E-state index contributed by atoms with van der Waals surface area (Å²) in [7, 11) is 1.65. The minimum absolute atomic E-state index is 0.0216. The topological polar surface area (TPSA) is 42.4 Å². The molecular formula is C19H18N2O2S2. The molecule has 1 aliphatic rings. The zero-order chi connectivity index (χ0) is 17.2. The summed E-state index contributed by atoms with van der Waals surface area (Å²) < 4.78 is 5.41. The van der Waals surface area contributed by atoms with E-state index in [2.05, 4.69) is 11.1 Å². The van der Waals surface area contributed by atoms with Gasteiger partial charge < -0.3 is 9.64 Å². The second kappa shape index (κ2) is 6.98. The van der Waals surface area contributed by atoms with E-state index in [1.54, 1.807) is 18.4 Å². The number of para-hydroxylation sites is 1. The van der Waals surface area contributed by atoms with Crippen molar-refractivity contribution in [3.63, 3.8) is 0 Å². The van der Waals surface area contributed by atoms with Crippen molar-refractivity contribution in [3.8, 4) is 16.3 Å². The smallest absolute Gasteiger partial charge is 0.273 e. The Labute approximate surface area is 154 Å². The predicted octanol–water partition coefficient (Wildman–Crippen LogP) is 4.69. The lowest BCUT2D eigenvalue weighted by Gasteiger charge is -2.20. The van der Waals surface area contributed by atoms with Crippen molar-refractivity contribution in [2.24, 2.45) is 0 Å². The molecule has 0 N–H and O–H groups in total. The number of thiazole rings is 1. The van der Waals surface area contributed by atoms with Crippen LogP contribution in [-0.4, -0.2) is 28.9 Å². The number of amides is 1. The van der Waals surface area contributed by atoms with E-state index in [1.165, 1.54) is 16.2 Å². The van der Waals surface area contributed by atoms with E-state index in [9.17, 15) is 4.79 Å². The molecule has 1 amide bonds. The molecule has 0 saturated heterocycles. The first-order chi connectivity index (χ1) is 12.3. The van der Waals surface area contributed by atoms with Crippen LogP contribution in [-0.2, 0) is 6.54 Å². The van der Waals surface area contributed by atoms with Gasteiger partial charge >= 0.3 is 0 Å². The van der Waals surface area contributed by atoms with Gasteiger partial charge in [-0.2, -0.15) is 0 Å². The van der Waals surface area contributed by atoms with Crippen molar-refractivity contribution in [3.05, 3.63) is 57.7 Å². The Bertz CT molecular complexity index is 869. The van der Waals surface area contributed by atoms with Crippen LogP contribution >= 0.6 is 22.7 Å². The van der Waals surface area contributed by atoms with Crippen LogP contribution in [0.2, 0.25) is 0 Å². The highest BCUT2D eigenvalue weighted by molar-refractivity contribution is 7.13. The third kappa shape index (κ3) is 3.45. The molecule has 3 aromatic rings. The maximum absolute atomic E-state index is 13.0. The molecule has 25 heavy (non-hydrogen) atoms. The Morgan fingerprint density at radius 1 is 1.24 bits per heavy atom. The average Bonchev–Trinajstić information content (AvgIpc) is 3.15. The van der Waals surface area contributed by atoms with Gasteiger partial charge in [0.25, 0.3) is 5.91 Å². The zero-order valence-corrected chi connectivity index (χ0v) is 15.5. The molecule has 128 valence electrons. The maximum Gasteiger partial charge on any atom is 0.273 e. The predicted molar refractivity (Wildman–Crippen MR) is 101 cm³/mol. The number of hydrogen-bond acceptors (Lipinski definition) is 5. The lowest BCUT2D eigenvalue weighted by Crippen LogP contribution is -2.32. The van der Waals surface area contributed by atoms with Crippen molar-refractivity contribution < 1.29 is 9.53 Å². The van der Waals surface area contributed by atoms with Crippen LogP contribution in [0, 0.1) is 0 Å². The second-order valence-electron chi connectivity index (χ2n) is 5.98. The molecule has 0 spiro atoms. The average molecular weight is 370 g/mol. The first-order valence-corrected chi connectivity index (χ1v) is 9.94. The molecule has 1 fully saturated rings. The number of benzene rings is 1. The first-order valence-electron chi connectivity index (χ1n) is 8.18. The Balaban J connectivity index is 1.59. The minimum Gasteiger partial charge on any atom is -0.496 e. The quantitative estimate of drug-likeness (QED) is 0.632. The molecule has 1 saturated carbocycles. The molecule has 0 atom stereocenters. The fourth-order valence-corrected chi connectivity index (χ4v) is 4.31. The van der Waals surface area contributed by atoms with E-state index in [4.69, 9.17) is 4.74 Å². The maximum atomic E-state index is 13.0. The van der Waals surface area contributed by atoms with Gasteiger partial charge in [-0.3, -0.25) is 4.79 Å². The van der Waals surface area contributed by atoms with E-state index in [0.717, 1.165) is 29.2 Å². The summed E-state index contributed by atoms with van der Waals surface area (Å²) in [5.74, 6) is 0.793. The third-order valence-corrected chi connectivity index (χ3v) is 5.95. The largest absolute Gasteiger partial charge is 0.496 e. The van der Waals surface area contributed by atoms with Crippen LogP contribution in [0.4, 0.5) is 0 Å². The SMILES string of the molecule is COc1ccccc1-c1nc(C(=O)N(Cc2cccs2)C2CC2)cs1. The van der Waals surface area contributed by atoms with E-state index in [0.29, 0.717) is 18.3 Å². The summed E-state index contributed by atoms with van der Waals surface area (Å²) in [5, 5.41) is 4.72. The fourth-order valence-electron chi connectivity index (χ4n) is 2.79. The molecule has 4 nitrogen and oxygen atoms in total. The second-order valence-corrected chi connectivity index (χ2v) is 7.87. The van der Waals surface area contributed by atoms with Crippen LogP contribution < -0.4 is 4.74 Å². The molecular weight excluding hydrogens is 352 g/mol. The van der Waals surface area contributed by atoms with Gasteiger partial charge in [0.1, 0.15) is 16.5 Å². The number of ether oxygens (including phenoxy) is 1. The van der Waals surface area contributed by atoms with E-state index in [1.807, 2.05) is 46.0 Å². The van der Waals surface area contributed by atoms with Gasteiger partial charge in [-0.25, -0.2) is 4.98 Å². The number of aromatic nitrogens is 1. The Hall–Kier alpha value is -2.18. The van der Waals surface area contributed by atoms with E-state index < -0.39 is 0 Å². The van der Waals surface area contributed by atoms with Gasteiger partial charge in [0.15, 0.2) is 0 Å². The van der Waals surface area contributed by atoms with Gasteiger partial charge in [0, 0.05) is 16.3 Å². The van der Waals surface area contributed by atoms with Crippen molar-refractivity contribution >= 4 is 28.6 Å². The minimum atomic E-state index is 0.0216. The highest BCUT2D eigenvalue weighted by atomic mass is 32.1. The van der Waals surface area contributed by atoms with E-state index >= 15 is 0 Å². The molecule has 2 heterocycles. The molecule has 0 aliphatic heterocycles. The van der Waals surface area contributed by atoms with Crippen molar-refractivity contribution in [2.45, 2.75) is 25.4 Å². The standard InChI is InChI=1S/C19H18N2O2S2/c1-23-17-7-3-2-6-15(17)18-20-16(12-25-18)19(22)21(13-8-9-13)11-14-5-4-10-24-14/h2-7,10,12-13H,8-9,11H2,1H3. The highest BCUT2D eigenvalue weighted by Crippen LogP contribution is 2.34. The molecule has 2 aromatic heterocycles. The van der Waals surface area contributed by atoms with E-state index in [-0.39, 0.29) is 5.91 Å². The molecule has 0 bridgehead atoms. The van der Waals surface area contributed by atoms with Gasteiger partial charge in [0.05, 0.1) is 19.2 Å². The van der Waals surface area contributed by atoms with Crippen molar-refractivity contribution in [1.82, 2.24) is 9.88 Å². The molecule has 0 unspecified atom stereocenters. The van der Waals surface area contributed by atoms with Gasteiger partial charge in [0.2, 0.25) is 0 Å². The number of rotatable bonds is 6. The van der Waals surface area contributed by atoms with Crippen LogP contribution in [0.5, 0.6) is 5.75 Å². The zero-order valence-electron chi connectivity index (χ0n) is 13.8. The summed E-state index contributed by atoms with van der Waals surface area (Å²) in [5.41, 5.74) is 1.44. The number of carbonyl (C=O) groups is 1. The molecule has 4 rings (SSSR count). The number of carbonyl (C=O) groups excluding carboxylic acids is 1. The van der Waals surface area contributed by atoms with Gasteiger partial charge in [-0.05, 0) is 36.4 Å². The van der Waals surface area contributed by atoms with Crippen molar-refractivity contribution in [1.29, 1.82) is 0 Å². The number of thiophene rings is 1. The summed E-state index contributed by atoms with van der Waals surface area (Å²) in [6.07, 6.45) is 2.17. The molecule has 0 radical (unpaired) electrons. The van der Waals surface area contributed by atoms with Crippen LogP contribution in [0.1, 0.15) is 28.2 Å². The van der Waals surface area contributed by atoms with Crippen LogP contribution in [0.15, 0.2) is 47.2 Å². The summed E-state index contributed by atoms with van der Waals surface area (Å²) in [6.45, 7) is 0.669. The Kier molecular flexibility index (Phi) is 4.55. The van der Waals surface area contributed by atoms with Crippen LogP contribution in [0.25, 0.3) is 10.6 Å². The monoisotopic (exact) mass is 370 g/mol. The first kappa shape index (κ1) is 16.3. The Morgan fingerprint density at radius 3 is 2.80 bits per heavy atom. The fraction of sp³-hybridized carbons (Fsp3) is 0.263. The molecule has 6 heteroatoms. The highest BCUT2D eigenvalue weighted by Gasteiger charge is 2.34. The molecule has 1 aromatic carbocycles. The number of methoxy groups -OCH3 is 1. The summed E-state index contributed by atoms with van der Waals surface area (Å²) >= 11 is 3.17. The lowest BCUT2D eigenvalue weighted by atomic mass is 10.2. The van der Waals surface area contributed by atoms with Crippen LogP contribution in [0.3, 0.4) is 0 Å². The summed E-state index contributed by atoms with van der Waals surface area (Å²) in [6, 6.07) is 12.2. The van der Waals surface area contributed by atoms with Gasteiger partial charge in [-0.1, -0.05) is 18.2 Å². The van der Waals surface area contributed by atoms with Crippen molar-refractivity contribution in [2.75, 3.05) is 7.11 Å². The Morgan fingerprint density at radius 2 is 2.08 bits per heavy atom. The lowest BCUT2D eigenvalue weighted by molar-refractivity contribution is 0.0726. The number of hydrogen-bond donors (Lipinski definition) is 0. The summed E-state index contributed by atoms with van der Waals surface area (Å²) in [4.78, 5) is 20.8.